The highest BCUT2D eigenvalue weighted by molar-refractivity contribution is 7.12. The Hall–Kier alpha value is -3.56. The Morgan fingerprint density at radius 2 is 1.72 bits per heavy atom. The largest absolute Gasteiger partial charge is 0.369 e. The molecule has 2 aromatic heterocycles. The minimum Gasteiger partial charge on any atom is -0.369 e. The minimum atomic E-state index is -0.298. The molecule has 1 amide bonds. The van der Waals surface area contributed by atoms with E-state index in [4.69, 9.17) is 0 Å². The van der Waals surface area contributed by atoms with Gasteiger partial charge in [0.05, 0.1) is 17.7 Å². The van der Waals surface area contributed by atoms with E-state index in [1.54, 1.807) is 18.5 Å². The predicted molar refractivity (Wildman–Crippen MR) is 143 cm³/mol. The summed E-state index contributed by atoms with van der Waals surface area (Å²) in [5.41, 5.74) is 4.87. The van der Waals surface area contributed by atoms with Gasteiger partial charge in [0.25, 0.3) is 5.91 Å². The van der Waals surface area contributed by atoms with Crippen LogP contribution in [0.4, 0.5) is 15.8 Å². The fraction of sp³-hybridized carbons (Fsp3) is 0.296. The molecule has 5 rings (SSSR count). The van der Waals surface area contributed by atoms with Crippen LogP contribution >= 0.6 is 11.3 Å². The van der Waals surface area contributed by atoms with Gasteiger partial charge in [0, 0.05) is 54.5 Å². The summed E-state index contributed by atoms with van der Waals surface area (Å²) in [7, 11) is 2.14. The number of nitrogens with one attached hydrogen (secondary N) is 1. The Morgan fingerprint density at radius 1 is 1.03 bits per heavy atom. The van der Waals surface area contributed by atoms with Crippen molar-refractivity contribution in [3.8, 4) is 22.6 Å². The molecule has 0 spiro atoms. The van der Waals surface area contributed by atoms with E-state index < -0.39 is 0 Å². The Bertz CT molecular complexity index is 1340. The van der Waals surface area contributed by atoms with Crippen LogP contribution in [0.2, 0.25) is 0 Å². The Balaban J connectivity index is 1.34. The molecular formula is C27H29FN6OS. The highest BCUT2D eigenvalue weighted by atomic mass is 32.1. The second kappa shape index (κ2) is 10.2. The number of benzene rings is 2. The van der Waals surface area contributed by atoms with Gasteiger partial charge in [-0.25, -0.2) is 14.4 Å². The summed E-state index contributed by atoms with van der Waals surface area (Å²) in [5, 5.41) is 5.20. The molecule has 1 N–H and O–H groups in total. The molecule has 0 saturated carbocycles. The van der Waals surface area contributed by atoms with Crippen molar-refractivity contribution in [1.82, 2.24) is 19.4 Å². The summed E-state index contributed by atoms with van der Waals surface area (Å²) in [4.78, 5) is 26.9. The minimum absolute atomic E-state index is 0.138. The Labute approximate surface area is 214 Å². The van der Waals surface area contributed by atoms with Crippen molar-refractivity contribution >= 4 is 28.6 Å². The number of hydrogen-bond donors (Lipinski definition) is 1. The van der Waals surface area contributed by atoms with Gasteiger partial charge < -0.3 is 19.7 Å². The van der Waals surface area contributed by atoms with Crippen LogP contribution in [-0.2, 0) is 0 Å². The highest BCUT2D eigenvalue weighted by Crippen LogP contribution is 2.34. The Kier molecular flexibility index (Phi) is 6.84. The summed E-state index contributed by atoms with van der Waals surface area (Å²) in [6.45, 7) is 8.21. The third-order valence-electron chi connectivity index (χ3n) is 6.40. The molecule has 0 aliphatic carbocycles. The lowest BCUT2D eigenvalue weighted by Crippen LogP contribution is -2.44. The summed E-state index contributed by atoms with van der Waals surface area (Å²) in [6, 6.07) is 14.3. The lowest BCUT2D eigenvalue weighted by Gasteiger charge is -2.34. The third kappa shape index (κ3) is 5.03. The van der Waals surface area contributed by atoms with E-state index in [0.29, 0.717) is 16.4 Å². The van der Waals surface area contributed by atoms with Crippen LogP contribution in [0.25, 0.3) is 22.6 Å². The second-order valence-electron chi connectivity index (χ2n) is 9.28. The van der Waals surface area contributed by atoms with Gasteiger partial charge in [-0.1, -0.05) is 0 Å². The lowest BCUT2D eigenvalue weighted by molar-refractivity contribution is 0.102. The molecule has 36 heavy (non-hydrogen) atoms. The monoisotopic (exact) mass is 504 g/mol. The number of aromatic nitrogens is 3. The number of amides is 1. The zero-order valence-electron chi connectivity index (χ0n) is 20.6. The van der Waals surface area contributed by atoms with Gasteiger partial charge in [0.1, 0.15) is 11.5 Å². The summed E-state index contributed by atoms with van der Waals surface area (Å²) < 4.78 is 15.5. The van der Waals surface area contributed by atoms with Gasteiger partial charge in [-0.05, 0) is 69.4 Å². The number of anilines is 2. The van der Waals surface area contributed by atoms with E-state index in [9.17, 15) is 9.18 Å². The first-order valence-corrected chi connectivity index (χ1v) is 12.9. The molecular weight excluding hydrogens is 475 g/mol. The van der Waals surface area contributed by atoms with Gasteiger partial charge in [0.15, 0.2) is 5.01 Å². The first-order chi connectivity index (χ1) is 17.4. The van der Waals surface area contributed by atoms with Gasteiger partial charge in [-0.3, -0.25) is 4.79 Å². The molecule has 1 saturated heterocycles. The molecule has 0 bridgehead atoms. The predicted octanol–water partition coefficient (Wildman–Crippen LogP) is 5.40. The van der Waals surface area contributed by atoms with Gasteiger partial charge in [-0.15, -0.1) is 11.3 Å². The van der Waals surface area contributed by atoms with Crippen LogP contribution in [0.15, 0.2) is 60.2 Å². The van der Waals surface area contributed by atoms with Crippen molar-refractivity contribution in [1.29, 1.82) is 0 Å². The fourth-order valence-corrected chi connectivity index (χ4v) is 5.01. The van der Waals surface area contributed by atoms with Crippen LogP contribution in [0.3, 0.4) is 0 Å². The molecule has 7 nitrogen and oxygen atoms in total. The molecule has 1 aliphatic heterocycles. The van der Waals surface area contributed by atoms with Crippen LogP contribution in [-0.4, -0.2) is 58.6 Å². The first kappa shape index (κ1) is 24.1. The molecule has 0 atom stereocenters. The van der Waals surface area contributed by atoms with Crippen molar-refractivity contribution in [2.75, 3.05) is 43.4 Å². The van der Waals surface area contributed by atoms with Crippen molar-refractivity contribution in [2.24, 2.45) is 0 Å². The molecule has 4 aromatic rings. The van der Waals surface area contributed by atoms with Crippen molar-refractivity contribution in [3.05, 3.63) is 71.1 Å². The third-order valence-corrected chi connectivity index (χ3v) is 7.24. The van der Waals surface area contributed by atoms with E-state index in [0.717, 1.165) is 48.8 Å². The van der Waals surface area contributed by atoms with Crippen molar-refractivity contribution in [2.45, 2.75) is 19.9 Å². The van der Waals surface area contributed by atoms with Gasteiger partial charge in [0.2, 0.25) is 0 Å². The van der Waals surface area contributed by atoms with Crippen LogP contribution in [0.5, 0.6) is 0 Å². The van der Waals surface area contributed by atoms with Crippen LogP contribution in [0.1, 0.15) is 29.7 Å². The fourth-order valence-electron chi connectivity index (χ4n) is 4.32. The average Bonchev–Trinajstić information content (AvgIpc) is 3.53. The molecule has 0 radical (unpaired) electrons. The SMILES string of the molecule is CC(C)n1cnc(-c2ccc(F)cc2)c1-c1csc(C(=O)Nc2ccc(N3CCN(C)CC3)cc2)n1. The topological polar surface area (TPSA) is 66.3 Å². The zero-order valence-corrected chi connectivity index (χ0v) is 21.4. The quantitative estimate of drug-likeness (QED) is 0.381. The number of nitrogens with zero attached hydrogens (tertiary/aromatic N) is 5. The standard InChI is InChI=1S/C27H29FN6OS/c1-18(2)34-17-29-24(19-4-6-20(28)7-5-19)25(34)23-16-36-27(31-23)26(35)30-21-8-10-22(11-9-21)33-14-12-32(3)13-15-33/h4-11,16-18H,12-15H2,1-3H3,(H,30,35). The number of piperazine rings is 1. The summed E-state index contributed by atoms with van der Waals surface area (Å²) in [6.07, 6.45) is 1.76. The van der Waals surface area contributed by atoms with E-state index in [1.807, 2.05) is 34.2 Å². The number of halogens is 1. The van der Waals surface area contributed by atoms with E-state index in [1.165, 1.54) is 23.5 Å². The smallest absolute Gasteiger partial charge is 0.284 e. The first-order valence-electron chi connectivity index (χ1n) is 12.0. The molecule has 0 unspecified atom stereocenters. The van der Waals surface area contributed by atoms with Crippen molar-refractivity contribution in [3.63, 3.8) is 0 Å². The van der Waals surface area contributed by atoms with E-state index in [2.05, 4.69) is 46.0 Å². The molecule has 3 heterocycles. The number of carbonyl (C=O) groups is 1. The number of likely N-dealkylation sites (N-methyl/N-ethyl adjacent to an activating group) is 1. The molecule has 2 aromatic carbocycles. The maximum atomic E-state index is 13.5. The van der Waals surface area contributed by atoms with Crippen LogP contribution < -0.4 is 10.2 Å². The van der Waals surface area contributed by atoms with E-state index in [-0.39, 0.29) is 17.8 Å². The van der Waals surface area contributed by atoms with Crippen LogP contribution in [0, 0.1) is 5.82 Å². The summed E-state index contributed by atoms with van der Waals surface area (Å²) in [5.74, 6) is -0.551. The molecule has 1 fully saturated rings. The highest BCUT2D eigenvalue weighted by Gasteiger charge is 2.21. The summed E-state index contributed by atoms with van der Waals surface area (Å²) >= 11 is 1.29. The van der Waals surface area contributed by atoms with Crippen molar-refractivity contribution < 1.29 is 9.18 Å². The maximum Gasteiger partial charge on any atom is 0.284 e. The zero-order chi connectivity index (χ0) is 25.2. The maximum absolute atomic E-state index is 13.5. The molecule has 1 aliphatic rings. The number of hydrogen-bond acceptors (Lipinski definition) is 6. The second-order valence-corrected chi connectivity index (χ2v) is 10.1. The normalized spacial score (nSPS) is 14.4. The molecule has 9 heteroatoms. The molecule has 186 valence electrons. The lowest BCUT2D eigenvalue weighted by atomic mass is 10.1. The number of rotatable bonds is 6. The Morgan fingerprint density at radius 3 is 2.39 bits per heavy atom. The number of carbonyl (C=O) groups excluding carboxylic acids is 1. The number of thiazole rings is 1. The van der Waals surface area contributed by atoms with Gasteiger partial charge in [-0.2, -0.15) is 0 Å². The van der Waals surface area contributed by atoms with Gasteiger partial charge >= 0.3 is 0 Å². The van der Waals surface area contributed by atoms with E-state index >= 15 is 0 Å². The average molecular weight is 505 g/mol. The number of imidazole rings is 1.